The maximum atomic E-state index is 12.3. The summed E-state index contributed by atoms with van der Waals surface area (Å²) in [6.45, 7) is 10.6. The lowest BCUT2D eigenvalue weighted by atomic mass is 9.89. The number of ether oxygens (including phenoxy) is 2. The second kappa shape index (κ2) is 19.6. The Bertz CT molecular complexity index is 1010. The minimum absolute atomic E-state index is 0.158. The summed E-state index contributed by atoms with van der Waals surface area (Å²) >= 11 is 0. The standard InChI is InChI=1S/C30H56N5O5P/c1-26(22-35-24-34-27-28(31)32-23-33-29(27)35)39-25-41(36,37)40-21-17-20-38-19-16-14-12-10-8-6-5-7-9-11-13-15-18-30(2,3)4/h23-24,26H,5-22,25H2,1-4H3,(H,36,37)(H2,31,32,33)/t26-/m1/s1. The molecule has 2 atom stereocenters. The van der Waals surface area contributed by atoms with Gasteiger partial charge in [-0.3, -0.25) is 4.57 Å². The van der Waals surface area contributed by atoms with Crippen molar-refractivity contribution in [3.63, 3.8) is 0 Å². The lowest BCUT2D eigenvalue weighted by Crippen LogP contribution is -2.17. The maximum Gasteiger partial charge on any atom is 0.353 e. The molecule has 0 saturated carbocycles. The van der Waals surface area contributed by atoms with Gasteiger partial charge in [0.15, 0.2) is 11.5 Å². The van der Waals surface area contributed by atoms with E-state index in [9.17, 15) is 9.46 Å². The minimum Gasteiger partial charge on any atom is -0.382 e. The van der Waals surface area contributed by atoms with Crippen molar-refractivity contribution in [2.24, 2.45) is 5.41 Å². The molecule has 0 fully saturated rings. The molecule has 1 unspecified atom stereocenters. The first-order valence-corrected chi connectivity index (χ1v) is 17.4. The van der Waals surface area contributed by atoms with Crippen molar-refractivity contribution >= 4 is 24.6 Å². The molecule has 2 heterocycles. The van der Waals surface area contributed by atoms with E-state index in [1.807, 2.05) is 6.92 Å². The average molecular weight is 598 g/mol. The summed E-state index contributed by atoms with van der Waals surface area (Å²) in [7, 11) is -3.84. The van der Waals surface area contributed by atoms with Gasteiger partial charge in [0.1, 0.15) is 18.2 Å². The number of fused-ring (bicyclic) bond motifs is 1. The Morgan fingerprint density at radius 3 is 2.10 bits per heavy atom. The Morgan fingerprint density at radius 2 is 1.46 bits per heavy atom. The van der Waals surface area contributed by atoms with Gasteiger partial charge in [0.05, 0.1) is 25.6 Å². The van der Waals surface area contributed by atoms with Gasteiger partial charge in [0.2, 0.25) is 0 Å². The van der Waals surface area contributed by atoms with E-state index in [1.54, 1.807) is 10.9 Å². The third-order valence-electron chi connectivity index (χ3n) is 7.10. The van der Waals surface area contributed by atoms with E-state index in [2.05, 4.69) is 35.7 Å². The molecule has 0 aliphatic carbocycles. The summed E-state index contributed by atoms with van der Waals surface area (Å²) in [6.07, 6.45) is 20.0. The smallest absolute Gasteiger partial charge is 0.353 e. The fraction of sp³-hybridized carbons (Fsp3) is 0.833. The first-order chi connectivity index (χ1) is 19.6. The highest BCUT2D eigenvalue weighted by Gasteiger charge is 2.21. The van der Waals surface area contributed by atoms with Gasteiger partial charge in [-0.1, -0.05) is 91.4 Å². The molecule has 0 aromatic carbocycles. The van der Waals surface area contributed by atoms with Gasteiger partial charge in [-0.2, -0.15) is 0 Å². The first-order valence-electron chi connectivity index (χ1n) is 15.6. The van der Waals surface area contributed by atoms with Gasteiger partial charge in [-0.15, -0.1) is 0 Å². The Balaban J connectivity index is 1.36. The van der Waals surface area contributed by atoms with Crippen LogP contribution >= 0.6 is 7.60 Å². The molecule has 0 saturated heterocycles. The molecule has 2 aromatic rings. The van der Waals surface area contributed by atoms with Crippen LogP contribution in [0.1, 0.15) is 118 Å². The average Bonchev–Trinajstić information content (AvgIpc) is 3.32. The number of unbranched alkanes of at least 4 members (excludes halogenated alkanes) is 11. The Labute approximate surface area is 247 Å². The number of rotatable bonds is 24. The van der Waals surface area contributed by atoms with Gasteiger partial charge in [-0.05, 0) is 31.6 Å². The largest absolute Gasteiger partial charge is 0.382 e. The zero-order valence-electron chi connectivity index (χ0n) is 26.1. The van der Waals surface area contributed by atoms with Crippen LogP contribution in [0.25, 0.3) is 11.2 Å². The van der Waals surface area contributed by atoms with Crippen LogP contribution in [-0.2, 0) is 25.1 Å². The van der Waals surface area contributed by atoms with E-state index in [0.717, 1.165) is 13.0 Å². The van der Waals surface area contributed by atoms with E-state index in [1.165, 1.54) is 83.4 Å². The highest BCUT2D eigenvalue weighted by molar-refractivity contribution is 7.52. The van der Waals surface area contributed by atoms with Gasteiger partial charge in [0.25, 0.3) is 0 Å². The summed E-state index contributed by atoms with van der Waals surface area (Å²) in [6, 6.07) is 0. The van der Waals surface area contributed by atoms with Crippen molar-refractivity contribution < 1.29 is 23.5 Å². The molecule has 0 amide bonds. The van der Waals surface area contributed by atoms with Gasteiger partial charge in [-0.25, -0.2) is 15.0 Å². The third kappa shape index (κ3) is 16.6. The van der Waals surface area contributed by atoms with E-state index < -0.39 is 7.60 Å². The van der Waals surface area contributed by atoms with E-state index >= 15 is 0 Å². The molecule has 0 bridgehead atoms. The zero-order chi connectivity index (χ0) is 30.0. The normalized spacial score (nSPS) is 14.5. The summed E-state index contributed by atoms with van der Waals surface area (Å²) in [5.41, 5.74) is 7.41. The second-order valence-electron chi connectivity index (χ2n) is 12.4. The molecule has 2 aromatic heterocycles. The fourth-order valence-electron chi connectivity index (χ4n) is 4.72. The SMILES string of the molecule is C[C@H](Cn1cnc2c(N)ncnc21)OCP(=O)(O)OCCCOCCCCCCCCCCCCCCC(C)(C)C. The van der Waals surface area contributed by atoms with Gasteiger partial charge < -0.3 is 29.2 Å². The van der Waals surface area contributed by atoms with Crippen molar-refractivity contribution in [1.82, 2.24) is 19.5 Å². The van der Waals surface area contributed by atoms with Crippen molar-refractivity contribution in [1.29, 1.82) is 0 Å². The fourth-order valence-corrected chi connectivity index (χ4v) is 5.65. The molecular formula is C30H56N5O5P. The number of hydrogen-bond acceptors (Lipinski definition) is 8. The summed E-state index contributed by atoms with van der Waals surface area (Å²) < 4.78 is 30.5. The van der Waals surface area contributed by atoms with Crippen LogP contribution in [0.2, 0.25) is 0 Å². The van der Waals surface area contributed by atoms with Crippen LogP contribution in [0.4, 0.5) is 5.82 Å². The number of nitrogen functional groups attached to an aromatic ring is 1. The number of aromatic nitrogens is 4. The molecule has 41 heavy (non-hydrogen) atoms. The van der Waals surface area contributed by atoms with Crippen molar-refractivity contribution in [2.45, 2.75) is 130 Å². The van der Waals surface area contributed by atoms with Crippen LogP contribution in [-0.4, -0.2) is 56.7 Å². The number of hydrogen-bond donors (Lipinski definition) is 2. The number of anilines is 1. The minimum atomic E-state index is -3.84. The van der Waals surface area contributed by atoms with E-state index in [4.69, 9.17) is 19.7 Å². The number of nitrogens with two attached hydrogens (primary N) is 1. The van der Waals surface area contributed by atoms with Crippen LogP contribution in [0.15, 0.2) is 12.7 Å². The highest BCUT2D eigenvalue weighted by atomic mass is 31.2. The van der Waals surface area contributed by atoms with Gasteiger partial charge in [0, 0.05) is 13.2 Å². The maximum absolute atomic E-state index is 12.3. The molecular weight excluding hydrogens is 541 g/mol. The lowest BCUT2D eigenvalue weighted by molar-refractivity contribution is 0.0688. The molecule has 0 spiro atoms. The predicted octanol–water partition coefficient (Wildman–Crippen LogP) is 7.50. The number of imidazole rings is 1. The quantitative estimate of drug-likeness (QED) is 0.0931. The summed E-state index contributed by atoms with van der Waals surface area (Å²) in [4.78, 5) is 22.4. The highest BCUT2D eigenvalue weighted by Crippen LogP contribution is 2.42. The van der Waals surface area contributed by atoms with Crippen molar-refractivity contribution in [2.75, 3.05) is 31.9 Å². The third-order valence-corrected chi connectivity index (χ3v) is 8.16. The molecule has 0 radical (unpaired) electrons. The summed E-state index contributed by atoms with van der Waals surface area (Å²) in [5, 5.41) is 0. The first kappa shape index (κ1) is 35.6. The molecule has 10 nitrogen and oxygen atoms in total. The Morgan fingerprint density at radius 1 is 0.878 bits per heavy atom. The molecule has 3 N–H and O–H groups in total. The molecule has 0 aliphatic heterocycles. The van der Waals surface area contributed by atoms with Crippen molar-refractivity contribution in [3.05, 3.63) is 12.7 Å². The lowest BCUT2D eigenvalue weighted by Gasteiger charge is -2.17. The van der Waals surface area contributed by atoms with Crippen LogP contribution < -0.4 is 5.73 Å². The topological polar surface area (TPSA) is 135 Å². The molecule has 236 valence electrons. The van der Waals surface area contributed by atoms with Crippen LogP contribution in [0.5, 0.6) is 0 Å². The van der Waals surface area contributed by atoms with Crippen molar-refractivity contribution in [3.8, 4) is 0 Å². The molecule has 0 aliphatic rings. The van der Waals surface area contributed by atoms with Crippen LogP contribution in [0.3, 0.4) is 0 Å². The predicted molar refractivity (Wildman–Crippen MR) is 166 cm³/mol. The second-order valence-corrected chi connectivity index (χ2v) is 14.2. The Kier molecular flexibility index (Phi) is 17.0. The van der Waals surface area contributed by atoms with Gasteiger partial charge >= 0.3 is 7.60 Å². The van der Waals surface area contributed by atoms with Crippen LogP contribution in [0, 0.1) is 5.41 Å². The number of nitrogens with zero attached hydrogens (tertiary/aromatic N) is 4. The Hall–Kier alpha value is -1.58. The summed E-state index contributed by atoms with van der Waals surface area (Å²) in [5.74, 6) is 0.309. The van der Waals surface area contributed by atoms with E-state index in [0.29, 0.717) is 42.0 Å². The van der Waals surface area contributed by atoms with E-state index in [-0.39, 0.29) is 19.1 Å². The monoisotopic (exact) mass is 597 g/mol. The molecule has 2 rings (SSSR count). The zero-order valence-corrected chi connectivity index (χ0v) is 27.0. The molecule has 11 heteroatoms.